The van der Waals surface area contributed by atoms with Crippen LogP contribution in [0, 0.1) is 12.3 Å². The number of aryl methyl sites for hydroxylation is 1. The molecule has 1 aliphatic rings. The number of piperidine rings is 1. The van der Waals surface area contributed by atoms with E-state index in [9.17, 15) is 15.0 Å². The zero-order valence-electron chi connectivity index (χ0n) is 14.4. The number of nitrogens with zero attached hydrogens (tertiary/aromatic N) is 1. The quantitative estimate of drug-likeness (QED) is 0.733. The molecule has 1 aromatic rings. The number of carbonyl (C=O) groups is 1. The second-order valence-corrected chi connectivity index (χ2v) is 7.19. The first-order valence-electron chi connectivity index (χ1n) is 8.47. The van der Waals surface area contributed by atoms with Crippen LogP contribution in [0.25, 0.3) is 0 Å². The molecule has 0 bridgehead atoms. The topological polar surface area (TPSA) is 72.8 Å². The summed E-state index contributed by atoms with van der Waals surface area (Å²) in [5.74, 6) is -0.115. The summed E-state index contributed by atoms with van der Waals surface area (Å²) < 4.78 is 0. The molecule has 1 fully saturated rings. The van der Waals surface area contributed by atoms with Crippen LogP contribution in [-0.4, -0.2) is 53.4 Å². The molecule has 3 N–H and O–H groups in total. The second kappa shape index (κ2) is 8.30. The maximum Gasteiger partial charge on any atom is 0.238 e. The van der Waals surface area contributed by atoms with Crippen molar-refractivity contribution < 1.29 is 15.0 Å². The molecular weight excluding hydrogens is 328 g/mol. The third kappa shape index (κ3) is 4.48. The molecule has 5 nitrogen and oxygen atoms in total. The van der Waals surface area contributed by atoms with E-state index in [0.717, 1.165) is 24.1 Å². The van der Waals surface area contributed by atoms with Crippen molar-refractivity contribution in [2.75, 3.05) is 31.6 Å². The van der Waals surface area contributed by atoms with Crippen LogP contribution in [0.15, 0.2) is 18.2 Å². The normalized spacial score (nSPS) is 24.8. The van der Waals surface area contributed by atoms with Gasteiger partial charge in [-0.2, -0.15) is 0 Å². The van der Waals surface area contributed by atoms with Gasteiger partial charge in [-0.25, -0.2) is 0 Å². The maximum absolute atomic E-state index is 12.2. The van der Waals surface area contributed by atoms with E-state index in [1.807, 2.05) is 17.9 Å². The van der Waals surface area contributed by atoms with Crippen molar-refractivity contribution in [2.45, 2.75) is 39.2 Å². The van der Waals surface area contributed by atoms with Gasteiger partial charge in [0, 0.05) is 22.7 Å². The van der Waals surface area contributed by atoms with Crippen molar-refractivity contribution in [1.29, 1.82) is 0 Å². The molecule has 1 aromatic carbocycles. The lowest BCUT2D eigenvalue weighted by molar-refractivity contribution is -0.121. The predicted octanol–water partition coefficient (Wildman–Crippen LogP) is 2.43. The lowest BCUT2D eigenvalue weighted by atomic mass is 9.73. The zero-order valence-corrected chi connectivity index (χ0v) is 15.1. The molecule has 24 heavy (non-hydrogen) atoms. The number of carbonyl (C=O) groups excluding carboxylic acids is 1. The van der Waals surface area contributed by atoms with Gasteiger partial charge in [0.15, 0.2) is 0 Å². The fourth-order valence-corrected chi connectivity index (χ4v) is 3.52. The fraction of sp³-hybridized carbons (Fsp3) is 0.611. The molecule has 1 saturated heterocycles. The van der Waals surface area contributed by atoms with Crippen molar-refractivity contribution in [3.05, 3.63) is 28.8 Å². The summed E-state index contributed by atoms with van der Waals surface area (Å²) in [4.78, 5) is 14.2. The van der Waals surface area contributed by atoms with Gasteiger partial charge in [0.2, 0.25) is 5.91 Å². The molecule has 0 saturated carbocycles. The Kier molecular flexibility index (Phi) is 6.63. The lowest BCUT2D eigenvalue weighted by Gasteiger charge is -2.44. The minimum absolute atomic E-state index is 0.00784. The Morgan fingerprint density at radius 2 is 2.25 bits per heavy atom. The Bertz CT molecular complexity index is 581. The van der Waals surface area contributed by atoms with Gasteiger partial charge >= 0.3 is 0 Å². The Balaban J connectivity index is 1.90. The number of likely N-dealkylation sites (tertiary alicyclic amines) is 1. The highest BCUT2D eigenvalue weighted by molar-refractivity contribution is 6.31. The molecule has 0 spiro atoms. The third-order valence-corrected chi connectivity index (χ3v) is 5.36. The zero-order chi connectivity index (χ0) is 17.7. The molecule has 2 atom stereocenters. The second-order valence-electron chi connectivity index (χ2n) is 6.78. The standard InChI is InChI=1S/C18H27ClN2O3/c1-3-6-18(12-22)7-8-21(10-16(18)23)11-17(24)20-14-4-5-15(19)13(2)9-14/h4-5,9,16,22-23H,3,6-8,10-12H2,1-2H3,(H,20,24)/t16-,18+/m0/s1. The Morgan fingerprint density at radius 1 is 1.50 bits per heavy atom. The number of amides is 1. The van der Waals surface area contributed by atoms with Crippen LogP contribution in [0.3, 0.4) is 0 Å². The number of nitrogens with one attached hydrogen (secondary N) is 1. The number of anilines is 1. The van der Waals surface area contributed by atoms with Crippen LogP contribution in [0.1, 0.15) is 31.7 Å². The number of aliphatic hydroxyl groups is 2. The first kappa shape index (κ1) is 19.2. The third-order valence-electron chi connectivity index (χ3n) is 4.94. The average Bonchev–Trinajstić information content (AvgIpc) is 2.54. The molecule has 1 aliphatic heterocycles. The summed E-state index contributed by atoms with van der Waals surface area (Å²) in [6.45, 7) is 5.27. The van der Waals surface area contributed by atoms with Crippen LogP contribution in [-0.2, 0) is 4.79 Å². The van der Waals surface area contributed by atoms with Crippen LogP contribution in [0.5, 0.6) is 0 Å². The molecule has 6 heteroatoms. The summed E-state index contributed by atoms with van der Waals surface area (Å²) in [6, 6.07) is 5.37. The largest absolute Gasteiger partial charge is 0.396 e. The Morgan fingerprint density at radius 3 is 2.83 bits per heavy atom. The number of rotatable bonds is 6. The molecule has 0 aliphatic carbocycles. The number of aliphatic hydroxyl groups excluding tert-OH is 2. The lowest BCUT2D eigenvalue weighted by Crippen LogP contribution is -2.54. The average molecular weight is 355 g/mol. The summed E-state index contributed by atoms with van der Waals surface area (Å²) in [6.07, 6.45) is 1.82. The summed E-state index contributed by atoms with van der Waals surface area (Å²) in [7, 11) is 0. The van der Waals surface area contributed by atoms with E-state index >= 15 is 0 Å². The van der Waals surface area contributed by atoms with Gasteiger partial charge in [-0.1, -0.05) is 24.9 Å². The van der Waals surface area contributed by atoms with Crippen molar-refractivity contribution in [2.24, 2.45) is 5.41 Å². The monoisotopic (exact) mass is 354 g/mol. The van der Waals surface area contributed by atoms with Crippen molar-refractivity contribution in [3.63, 3.8) is 0 Å². The molecule has 2 rings (SSSR count). The molecule has 0 radical (unpaired) electrons. The predicted molar refractivity (Wildman–Crippen MR) is 96.3 cm³/mol. The minimum atomic E-state index is -0.609. The molecule has 134 valence electrons. The van der Waals surface area contributed by atoms with E-state index in [2.05, 4.69) is 12.2 Å². The van der Waals surface area contributed by atoms with E-state index in [1.165, 1.54) is 0 Å². The maximum atomic E-state index is 12.2. The number of benzene rings is 1. The molecular formula is C18H27ClN2O3. The SMILES string of the molecule is CCC[C@]1(CO)CCN(CC(=O)Nc2ccc(Cl)c(C)c2)C[C@@H]1O. The van der Waals surface area contributed by atoms with Gasteiger partial charge in [-0.05, 0) is 50.1 Å². The Labute approximate surface area is 148 Å². The first-order valence-corrected chi connectivity index (χ1v) is 8.85. The van der Waals surface area contributed by atoms with Gasteiger partial charge in [0.1, 0.15) is 0 Å². The van der Waals surface area contributed by atoms with Gasteiger partial charge in [-0.15, -0.1) is 0 Å². The van der Waals surface area contributed by atoms with Gasteiger partial charge in [0.25, 0.3) is 0 Å². The summed E-state index contributed by atoms with van der Waals surface area (Å²) in [5.41, 5.74) is 1.21. The van der Waals surface area contributed by atoms with Crippen LogP contribution in [0.2, 0.25) is 5.02 Å². The summed E-state index contributed by atoms with van der Waals surface area (Å²) in [5, 5.41) is 23.7. The highest BCUT2D eigenvalue weighted by Gasteiger charge is 2.41. The fourth-order valence-electron chi connectivity index (χ4n) is 3.40. The van der Waals surface area contributed by atoms with E-state index < -0.39 is 11.5 Å². The smallest absolute Gasteiger partial charge is 0.238 e. The van der Waals surface area contributed by atoms with Gasteiger partial charge in [-0.3, -0.25) is 9.69 Å². The van der Waals surface area contributed by atoms with Crippen LogP contribution in [0.4, 0.5) is 5.69 Å². The number of hydrogen-bond acceptors (Lipinski definition) is 4. The van der Waals surface area contributed by atoms with E-state index in [1.54, 1.807) is 12.1 Å². The number of hydrogen-bond donors (Lipinski definition) is 3. The highest BCUT2D eigenvalue weighted by Crippen LogP contribution is 2.35. The van der Waals surface area contributed by atoms with Crippen molar-refractivity contribution >= 4 is 23.2 Å². The number of halogens is 1. The van der Waals surface area contributed by atoms with E-state index in [0.29, 0.717) is 24.5 Å². The van der Waals surface area contributed by atoms with Crippen LogP contribution < -0.4 is 5.32 Å². The molecule has 1 heterocycles. The van der Waals surface area contributed by atoms with Gasteiger partial charge < -0.3 is 15.5 Å². The molecule has 1 amide bonds. The van der Waals surface area contributed by atoms with Crippen molar-refractivity contribution in [1.82, 2.24) is 4.90 Å². The highest BCUT2D eigenvalue weighted by atomic mass is 35.5. The number of β-amino-alcohol motifs (C(OH)–C–C–N with tert-alkyl or cyclic N) is 1. The Hall–Kier alpha value is -1.14. The van der Waals surface area contributed by atoms with Crippen LogP contribution >= 0.6 is 11.6 Å². The molecule has 0 unspecified atom stereocenters. The van der Waals surface area contributed by atoms with Gasteiger partial charge in [0.05, 0.1) is 19.3 Å². The summed E-state index contributed by atoms with van der Waals surface area (Å²) >= 11 is 5.99. The molecule has 0 aromatic heterocycles. The van der Waals surface area contributed by atoms with E-state index in [4.69, 9.17) is 11.6 Å². The minimum Gasteiger partial charge on any atom is -0.396 e. The van der Waals surface area contributed by atoms with Crippen molar-refractivity contribution in [3.8, 4) is 0 Å². The first-order chi connectivity index (χ1) is 11.4. The van der Waals surface area contributed by atoms with E-state index in [-0.39, 0.29) is 19.1 Å².